The van der Waals surface area contributed by atoms with Gasteiger partial charge in [0, 0.05) is 31.1 Å². The highest BCUT2D eigenvalue weighted by Crippen LogP contribution is 2.37. The molecule has 8 heteroatoms. The molecule has 2 N–H and O–H groups in total. The summed E-state index contributed by atoms with van der Waals surface area (Å²) in [5, 5.41) is 5.18. The molecule has 2 aliphatic heterocycles. The molecule has 1 atom stereocenters. The van der Waals surface area contributed by atoms with Gasteiger partial charge < -0.3 is 29.6 Å². The van der Waals surface area contributed by atoms with E-state index in [0.29, 0.717) is 37.0 Å². The highest BCUT2D eigenvalue weighted by Gasteiger charge is 2.42. The van der Waals surface area contributed by atoms with Crippen LogP contribution in [0.4, 0.5) is 5.69 Å². The minimum atomic E-state index is -0.738. The number of anilines is 1. The SMILES string of the molecule is O=C(NCC1COC2(CCCCC2)O1)C(=O)Nc1ccc2c(c1)OCCO2. The number of hydrogen-bond donors (Lipinski definition) is 2. The van der Waals surface area contributed by atoms with Gasteiger partial charge in [0.15, 0.2) is 17.3 Å². The number of rotatable bonds is 3. The standard InChI is InChI=1S/C19H24N2O6/c22-17(20-11-14-12-26-19(27-14)6-2-1-3-7-19)18(23)21-13-4-5-15-16(10-13)25-9-8-24-15/h4-5,10,14H,1-3,6-9,11-12H2,(H,20,22)(H,21,23). The first kappa shape index (κ1) is 18.1. The van der Waals surface area contributed by atoms with Gasteiger partial charge in [0.1, 0.15) is 19.3 Å². The fraction of sp³-hybridized carbons (Fsp3) is 0.579. The lowest BCUT2D eigenvalue weighted by Gasteiger charge is -2.31. The second-order valence-electron chi connectivity index (χ2n) is 7.04. The number of nitrogens with one attached hydrogen (secondary N) is 2. The lowest BCUT2D eigenvalue weighted by atomic mass is 9.94. The molecule has 1 aromatic carbocycles. The Morgan fingerprint density at radius 1 is 1.04 bits per heavy atom. The molecule has 1 aromatic rings. The number of benzene rings is 1. The Bertz CT molecular complexity index is 716. The maximum absolute atomic E-state index is 12.1. The van der Waals surface area contributed by atoms with E-state index in [1.165, 1.54) is 6.42 Å². The van der Waals surface area contributed by atoms with Crippen LogP contribution in [0.2, 0.25) is 0 Å². The second kappa shape index (κ2) is 7.74. The molecule has 146 valence electrons. The van der Waals surface area contributed by atoms with E-state index in [1.54, 1.807) is 18.2 Å². The molecular formula is C19H24N2O6. The average molecular weight is 376 g/mol. The minimum Gasteiger partial charge on any atom is -0.486 e. The maximum atomic E-state index is 12.1. The minimum absolute atomic E-state index is 0.228. The van der Waals surface area contributed by atoms with Crippen molar-refractivity contribution >= 4 is 17.5 Å². The molecule has 2 fully saturated rings. The molecule has 3 aliphatic rings. The van der Waals surface area contributed by atoms with E-state index in [0.717, 1.165) is 25.7 Å². The van der Waals surface area contributed by atoms with Crippen LogP contribution in [0.25, 0.3) is 0 Å². The molecule has 1 spiro atoms. The Morgan fingerprint density at radius 2 is 1.81 bits per heavy atom. The highest BCUT2D eigenvalue weighted by molar-refractivity contribution is 6.39. The normalized spacial score (nSPS) is 23.0. The molecule has 1 aliphatic carbocycles. The molecule has 27 heavy (non-hydrogen) atoms. The Morgan fingerprint density at radius 3 is 2.63 bits per heavy atom. The first-order chi connectivity index (χ1) is 13.1. The lowest BCUT2D eigenvalue weighted by Crippen LogP contribution is -2.41. The predicted octanol–water partition coefficient (Wildman–Crippen LogP) is 1.59. The summed E-state index contributed by atoms with van der Waals surface area (Å²) in [6, 6.07) is 5.01. The fourth-order valence-electron chi connectivity index (χ4n) is 3.67. The quantitative estimate of drug-likeness (QED) is 0.778. The smallest absolute Gasteiger partial charge is 0.313 e. The van der Waals surface area contributed by atoms with Gasteiger partial charge in [-0.1, -0.05) is 6.42 Å². The summed E-state index contributed by atoms with van der Waals surface area (Å²) in [5.41, 5.74) is 0.473. The van der Waals surface area contributed by atoms with E-state index in [9.17, 15) is 9.59 Å². The molecule has 1 saturated heterocycles. The Kier molecular flexibility index (Phi) is 5.18. The van der Waals surface area contributed by atoms with Crippen molar-refractivity contribution in [1.82, 2.24) is 5.32 Å². The molecule has 0 radical (unpaired) electrons. The first-order valence-electron chi connectivity index (χ1n) is 9.44. The van der Waals surface area contributed by atoms with Crippen molar-refractivity contribution in [3.8, 4) is 11.5 Å². The summed E-state index contributed by atoms with van der Waals surface area (Å²) < 4.78 is 22.7. The molecular weight excluding hydrogens is 352 g/mol. The number of fused-ring (bicyclic) bond motifs is 1. The second-order valence-corrected chi connectivity index (χ2v) is 7.04. The zero-order chi connectivity index (χ0) is 18.7. The highest BCUT2D eigenvalue weighted by atomic mass is 16.7. The van der Waals surface area contributed by atoms with Crippen molar-refractivity contribution in [2.75, 3.05) is 31.7 Å². The summed E-state index contributed by atoms with van der Waals surface area (Å²) in [5.74, 6) is -0.760. The largest absolute Gasteiger partial charge is 0.486 e. The predicted molar refractivity (Wildman–Crippen MR) is 95.7 cm³/mol. The summed E-state index contributed by atoms with van der Waals surface area (Å²) in [4.78, 5) is 24.2. The zero-order valence-corrected chi connectivity index (χ0v) is 15.1. The average Bonchev–Trinajstić information content (AvgIpc) is 3.08. The number of ether oxygens (including phenoxy) is 4. The summed E-state index contributed by atoms with van der Waals surface area (Å²) >= 11 is 0. The molecule has 2 amide bonds. The van der Waals surface area contributed by atoms with Crippen LogP contribution in [0.15, 0.2) is 18.2 Å². The summed E-state index contributed by atoms with van der Waals surface area (Å²) in [6.45, 7) is 1.63. The molecule has 0 aromatic heterocycles. The monoisotopic (exact) mass is 376 g/mol. The van der Waals surface area contributed by atoms with E-state index in [-0.39, 0.29) is 12.6 Å². The third-order valence-electron chi connectivity index (χ3n) is 5.03. The van der Waals surface area contributed by atoms with Gasteiger partial charge in [-0.3, -0.25) is 9.59 Å². The lowest BCUT2D eigenvalue weighted by molar-refractivity contribution is -0.186. The Labute approximate surface area is 157 Å². The zero-order valence-electron chi connectivity index (χ0n) is 15.1. The van der Waals surface area contributed by atoms with Gasteiger partial charge in [-0.15, -0.1) is 0 Å². The third-order valence-corrected chi connectivity index (χ3v) is 5.03. The number of amides is 2. The van der Waals surface area contributed by atoms with Crippen molar-refractivity contribution in [2.45, 2.75) is 44.0 Å². The van der Waals surface area contributed by atoms with Crippen molar-refractivity contribution in [3.63, 3.8) is 0 Å². The van der Waals surface area contributed by atoms with Crippen LogP contribution in [-0.2, 0) is 19.1 Å². The van der Waals surface area contributed by atoms with Crippen LogP contribution in [0.5, 0.6) is 11.5 Å². The van der Waals surface area contributed by atoms with Gasteiger partial charge in [0.25, 0.3) is 0 Å². The molecule has 4 rings (SSSR count). The summed E-state index contributed by atoms with van der Waals surface area (Å²) in [7, 11) is 0. The van der Waals surface area contributed by atoms with Crippen LogP contribution in [0.1, 0.15) is 32.1 Å². The number of hydrogen-bond acceptors (Lipinski definition) is 6. The van der Waals surface area contributed by atoms with Gasteiger partial charge in [-0.05, 0) is 25.0 Å². The molecule has 0 bridgehead atoms. The Hall–Kier alpha value is -2.32. The number of carbonyl (C=O) groups is 2. The molecule has 1 unspecified atom stereocenters. The maximum Gasteiger partial charge on any atom is 0.313 e. The topological polar surface area (TPSA) is 95.1 Å². The molecule has 8 nitrogen and oxygen atoms in total. The molecule has 1 saturated carbocycles. The van der Waals surface area contributed by atoms with Crippen LogP contribution in [-0.4, -0.2) is 50.1 Å². The van der Waals surface area contributed by atoms with Gasteiger partial charge >= 0.3 is 11.8 Å². The fourth-order valence-corrected chi connectivity index (χ4v) is 3.67. The van der Waals surface area contributed by atoms with Gasteiger partial charge in [-0.25, -0.2) is 0 Å². The van der Waals surface area contributed by atoms with E-state index in [1.807, 2.05) is 0 Å². The van der Waals surface area contributed by atoms with Crippen LogP contribution in [0, 0.1) is 0 Å². The first-order valence-corrected chi connectivity index (χ1v) is 9.44. The van der Waals surface area contributed by atoms with E-state index < -0.39 is 17.6 Å². The van der Waals surface area contributed by atoms with Crippen LogP contribution < -0.4 is 20.1 Å². The van der Waals surface area contributed by atoms with Gasteiger partial charge in [0.2, 0.25) is 0 Å². The Balaban J connectivity index is 1.25. The van der Waals surface area contributed by atoms with Crippen molar-refractivity contribution in [2.24, 2.45) is 0 Å². The van der Waals surface area contributed by atoms with Crippen molar-refractivity contribution in [1.29, 1.82) is 0 Å². The van der Waals surface area contributed by atoms with E-state index in [4.69, 9.17) is 18.9 Å². The van der Waals surface area contributed by atoms with Crippen molar-refractivity contribution in [3.05, 3.63) is 18.2 Å². The van der Waals surface area contributed by atoms with Crippen LogP contribution in [0.3, 0.4) is 0 Å². The van der Waals surface area contributed by atoms with Crippen molar-refractivity contribution < 1.29 is 28.5 Å². The van der Waals surface area contributed by atoms with Crippen LogP contribution >= 0.6 is 0 Å². The third kappa shape index (κ3) is 4.17. The summed E-state index contributed by atoms with van der Waals surface area (Å²) in [6.07, 6.45) is 4.95. The van der Waals surface area contributed by atoms with E-state index >= 15 is 0 Å². The molecule has 2 heterocycles. The van der Waals surface area contributed by atoms with E-state index in [2.05, 4.69) is 10.6 Å². The van der Waals surface area contributed by atoms with Gasteiger partial charge in [-0.2, -0.15) is 0 Å². The number of carbonyl (C=O) groups excluding carboxylic acids is 2. The van der Waals surface area contributed by atoms with Gasteiger partial charge in [0.05, 0.1) is 6.61 Å².